The van der Waals surface area contributed by atoms with Gasteiger partial charge in [0.15, 0.2) is 0 Å². The first-order valence-corrected chi connectivity index (χ1v) is 10.9. The van der Waals surface area contributed by atoms with E-state index in [4.69, 9.17) is 13.4 Å². The molecule has 138 valence electrons. The molecule has 1 aliphatic heterocycles. The second-order valence-electron chi connectivity index (χ2n) is 6.54. The number of rotatable bonds is 8. The molecule has 1 aliphatic rings. The second-order valence-corrected chi connectivity index (χ2v) is 9.49. The third-order valence-corrected chi connectivity index (χ3v) is 7.29. The molecule has 0 aliphatic carbocycles. The fourth-order valence-electron chi connectivity index (χ4n) is 2.38. The molecule has 2 rings (SSSR count). The summed E-state index contributed by atoms with van der Waals surface area (Å²) in [5.41, 5.74) is 0.588. The van der Waals surface area contributed by atoms with Crippen LogP contribution in [0.4, 0.5) is 0 Å². The van der Waals surface area contributed by atoms with Gasteiger partial charge < -0.3 is 0 Å². The van der Waals surface area contributed by atoms with Crippen LogP contribution >= 0.6 is 0 Å². The average Bonchev–Trinajstić information content (AvgIpc) is 2.70. The molecule has 0 bridgehead atoms. The molecule has 1 aromatic rings. The van der Waals surface area contributed by atoms with Crippen molar-refractivity contribution >= 4 is 11.8 Å². The van der Waals surface area contributed by atoms with Crippen LogP contribution in [0, 0.1) is 0 Å². The fourth-order valence-corrected chi connectivity index (χ4v) is 6.15. The van der Waals surface area contributed by atoms with Crippen LogP contribution in [0.5, 0.6) is 0 Å². The van der Waals surface area contributed by atoms with Gasteiger partial charge in [0.1, 0.15) is 0 Å². The van der Waals surface area contributed by atoms with Crippen LogP contribution in [0.1, 0.15) is 62.3 Å². The van der Waals surface area contributed by atoms with Gasteiger partial charge in [-0.05, 0) is 0 Å². The molecule has 25 heavy (non-hydrogen) atoms. The van der Waals surface area contributed by atoms with Crippen molar-refractivity contribution in [3.05, 3.63) is 35.4 Å². The number of benzene rings is 1. The number of imide groups is 1. The van der Waals surface area contributed by atoms with Gasteiger partial charge in [-0.25, -0.2) is 0 Å². The van der Waals surface area contributed by atoms with Crippen LogP contribution in [0.25, 0.3) is 0 Å². The van der Waals surface area contributed by atoms with Crippen molar-refractivity contribution in [3.63, 3.8) is 0 Å². The summed E-state index contributed by atoms with van der Waals surface area (Å²) < 4.78 is 23.5. The van der Waals surface area contributed by atoms with Gasteiger partial charge in [-0.1, -0.05) is 0 Å². The number of carbonyl (C=O) groups excluding carboxylic acids is 2. The molecule has 0 N–H and O–H groups in total. The Morgan fingerprint density at radius 1 is 0.760 bits per heavy atom. The van der Waals surface area contributed by atoms with E-state index >= 15 is 0 Å². The maximum absolute atomic E-state index is 12.6. The van der Waals surface area contributed by atoms with Crippen molar-refractivity contribution in [2.45, 2.75) is 59.9 Å². The van der Waals surface area contributed by atoms with Gasteiger partial charge in [0.25, 0.3) is 0 Å². The predicted molar refractivity (Wildman–Crippen MR) is 86.7 cm³/mol. The van der Waals surface area contributed by atoms with E-state index in [0.29, 0.717) is 11.1 Å². The van der Waals surface area contributed by atoms with E-state index in [0.717, 1.165) is 5.06 Å². The van der Waals surface area contributed by atoms with E-state index in [1.807, 2.05) is 41.5 Å². The topological polar surface area (TPSA) is 74.3 Å². The predicted octanol–water partition coefficient (Wildman–Crippen LogP) is 3.30. The molecule has 0 saturated carbocycles. The SMILES string of the molecule is CC(C)[O][Ti]([O]C(C)C)([O]C(C)C)[O]N1C(=O)c2ccccc2C1=O. The van der Waals surface area contributed by atoms with E-state index < -0.39 is 30.0 Å². The van der Waals surface area contributed by atoms with Crippen molar-refractivity contribution in [3.8, 4) is 0 Å². The third kappa shape index (κ3) is 4.75. The summed E-state index contributed by atoms with van der Waals surface area (Å²) >= 11 is -4.41. The Balaban J connectivity index is 2.35. The minimum atomic E-state index is -4.41. The first-order valence-electron chi connectivity index (χ1n) is 8.35. The van der Waals surface area contributed by atoms with Gasteiger partial charge in [-0.3, -0.25) is 0 Å². The Bertz CT molecular complexity index is 584. The van der Waals surface area contributed by atoms with Gasteiger partial charge in [0.2, 0.25) is 0 Å². The van der Waals surface area contributed by atoms with E-state index in [9.17, 15) is 9.59 Å². The van der Waals surface area contributed by atoms with Crippen LogP contribution < -0.4 is 0 Å². The number of nitrogens with zero attached hydrogens (tertiary/aromatic N) is 1. The van der Waals surface area contributed by atoms with Gasteiger partial charge in [0, 0.05) is 0 Å². The van der Waals surface area contributed by atoms with E-state index in [1.165, 1.54) is 0 Å². The van der Waals surface area contributed by atoms with Crippen LogP contribution in [0.2, 0.25) is 0 Å². The van der Waals surface area contributed by atoms with Crippen LogP contribution in [-0.4, -0.2) is 35.2 Å². The quantitative estimate of drug-likeness (QED) is 0.503. The van der Waals surface area contributed by atoms with Crippen molar-refractivity contribution < 1.29 is 41.1 Å². The minimum absolute atomic E-state index is 0.257. The van der Waals surface area contributed by atoms with Gasteiger partial charge in [0.05, 0.1) is 0 Å². The maximum atomic E-state index is 12.6. The van der Waals surface area contributed by atoms with Crippen LogP contribution in [-0.2, 0) is 31.5 Å². The second kappa shape index (κ2) is 8.08. The number of hydrogen-bond acceptors (Lipinski definition) is 6. The Kier molecular flexibility index (Phi) is 6.53. The number of amides is 2. The first kappa shape index (κ1) is 20.2. The van der Waals surface area contributed by atoms with Crippen molar-refractivity contribution in [1.29, 1.82) is 0 Å². The summed E-state index contributed by atoms with van der Waals surface area (Å²) in [6.07, 6.45) is -0.770. The summed E-state index contributed by atoms with van der Waals surface area (Å²) in [5.74, 6) is -1.08. The summed E-state index contributed by atoms with van der Waals surface area (Å²) in [6, 6.07) is 6.57. The van der Waals surface area contributed by atoms with E-state index in [1.54, 1.807) is 24.3 Å². The molecule has 0 aromatic heterocycles. The molecule has 1 heterocycles. The summed E-state index contributed by atoms with van der Waals surface area (Å²) in [7, 11) is 0. The van der Waals surface area contributed by atoms with Crippen LogP contribution in [0.15, 0.2) is 24.3 Å². The molecule has 7 nitrogen and oxygen atoms in total. The van der Waals surface area contributed by atoms with Crippen molar-refractivity contribution in [2.75, 3.05) is 0 Å². The molecule has 2 amide bonds. The normalized spacial score (nSPS) is 15.0. The first-order chi connectivity index (χ1) is 11.6. The van der Waals surface area contributed by atoms with E-state index in [2.05, 4.69) is 0 Å². The Morgan fingerprint density at radius 3 is 1.44 bits per heavy atom. The molecular weight excluding hydrogens is 362 g/mol. The van der Waals surface area contributed by atoms with Crippen molar-refractivity contribution in [2.24, 2.45) is 0 Å². The van der Waals surface area contributed by atoms with Crippen molar-refractivity contribution in [1.82, 2.24) is 5.06 Å². The molecule has 0 saturated heterocycles. The Morgan fingerprint density at radius 2 is 1.12 bits per heavy atom. The molecule has 0 fully saturated rings. The zero-order chi connectivity index (χ0) is 18.8. The van der Waals surface area contributed by atoms with Gasteiger partial charge >= 0.3 is 153 Å². The van der Waals surface area contributed by atoms with Gasteiger partial charge in [-0.2, -0.15) is 0 Å². The molecule has 8 heteroatoms. The Hall–Kier alpha value is -1.09. The zero-order valence-corrected chi connectivity index (χ0v) is 17.0. The summed E-state index contributed by atoms with van der Waals surface area (Å²) in [4.78, 5) is 25.2. The number of hydroxylamine groups is 2. The number of carbonyl (C=O) groups is 2. The van der Waals surface area contributed by atoms with Crippen LogP contribution in [0.3, 0.4) is 0 Å². The molecule has 0 radical (unpaired) electrons. The monoisotopic (exact) mass is 387 g/mol. The third-order valence-electron chi connectivity index (χ3n) is 3.10. The van der Waals surface area contributed by atoms with Gasteiger partial charge in [-0.15, -0.1) is 0 Å². The molecule has 1 aromatic carbocycles. The van der Waals surface area contributed by atoms with E-state index in [-0.39, 0.29) is 18.3 Å². The average molecular weight is 387 g/mol. The molecule has 0 unspecified atom stereocenters. The molecular formula is C17H25NO6Ti. The fraction of sp³-hybridized carbons (Fsp3) is 0.529. The Labute approximate surface area is 153 Å². The zero-order valence-electron chi connectivity index (χ0n) is 15.4. The number of hydrogen-bond donors (Lipinski definition) is 0. The molecule has 0 spiro atoms. The number of fused-ring (bicyclic) bond motifs is 1. The standard InChI is InChI=1S/C8H4NO3.3C3H7O.Ti/c10-7-5-3-1-2-4-6(5)8(11)9(7)12;3*1-3(2)4;/h1-4H;3*3H,1-2H3;/q4*-1;+4. The summed E-state index contributed by atoms with van der Waals surface area (Å²) in [6.45, 7) is 10.9. The molecule has 0 atom stereocenters. The summed E-state index contributed by atoms with van der Waals surface area (Å²) in [5, 5.41) is 0.720.